The molecular weight excluding hydrogens is 273 g/mol. The number of rotatable bonds is 5. The monoisotopic (exact) mass is 297 g/mol. The molecule has 1 fully saturated rings. The van der Waals surface area contributed by atoms with Crippen LogP contribution >= 0.6 is 0 Å². The van der Waals surface area contributed by atoms with Crippen molar-refractivity contribution < 1.29 is 19.3 Å². The van der Waals surface area contributed by atoms with Gasteiger partial charge in [-0.15, -0.1) is 0 Å². The lowest BCUT2D eigenvalue weighted by atomic mass is 10.0. The molecule has 21 heavy (non-hydrogen) atoms. The molecule has 1 aromatic carbocycles. The van der Waals surface area contributed by atoms with Gasteiger partial charge in [0.2, 0.25) is 0 Å². The first-order chi connectivity index (χ1) is 10.0. The lowest BCUT2D eigenvalue weighted by Crippen LogP contribution is -2.38. The molecule has 0 amide bonds. The van der Waals surface area contributed by atoms with E-state index in [1.54, 1.807) is 13.8 Å². The van der Waals surface area contributed by atoms with Gasteiger partial charge in [-0.25, -0.2) is 4.39 Å². The molecule has 2 rings (SSSR count). The second-order valence-corrected chi connectivity index (χ2v) is 5.62. The maximum absolute atomic E-state index is 13.7. The molecule has 1 atom stereocenters. The Hall–Kier alpha value is -1.17. The summed E-state index contributed by atoms with van der Waals surface area (Å²) in [5, 5.41) is 18.7. The van der Waals surface area contributed by atoms with Crippen LogP contribution in [0.5, 0.6) is 0 Å². The average Bonchev–Trinajstić information content (AvgIpc) is 2.48. The summed E-state index contributed by atoms with van der Waals surface area (Å²) in [6.45, 7) is 5.43. The Kier molecular flexibility index (Phi) is 5.56. The highest BCUT2D eigenvalue weighted by Crippen LogP contribution is 2.31. The van der Waals surface area contributed by atoms with Crippen molar-refractivity contribution in [1.29, 1.82) is 0 Å². The van der Waals surface area contributed by atoms with Crippen molar-refractivity contribution >= 4 is 5.69 Å². The highest BCUT2D eigenvalue weighted by molar-refractivity contribution is 5.57. The van der Waals surface area contributed by atoms with Crippen LogP contribution in [0.3, 0.4) is 0 Å². The number of aliphatic hydroxyl groups excluding tert-OH is 2. The molecule has 1 saturated heterocycles. The number of benzene rings is 1. The van der Waals surface area contributed by atoms with E-state index in [0.29, 0.717) is 17.7 Å². The van der Waals surface area contributed by atoms with E-state index in [2.05, 4.69) is 4.90 Å². The molecule has 1 aliphatic heterocycles. The fourth-order valence-corrected chi connectivity index (χ4v) is 2.77. The van der Waals surface area contributed by atoms with E-state index in [1.165, 1.54) is 6.07 Å². The fraction of sp³-hybridized carbons (Fsp3) is 0.625. The summed E-state index contributed by atoms with van der Waals surface area (Å²) in [4.78, 5) is 2.17. The summed E-state index contributed by atoms with van der Waals surface area (Å²) in [5.41, 5.74) is 2.13. The number of piperidine rings is 1. The Morgan fingerprint density at radius 2 is 2.05 bits per heavy atom. The largest absolute Gasteiger partial charge is 0.394 e. The number of halogens is 1. The van der Waals surface area contributed by atoms with Crippen molar-refractivity contribution in [2.75, 3.05) is 31.2 Å². The van der Waals surface area contributed by atoms with Gasteiger partial charge in [-0.05, 0) is 44.4 Å². The van der Waals surface area contributed by atoms with Gasteiger partial charge in [0.25, 0.3) is 0 Å². The van der Waals surface area contributed by atoms with E-state index in [-0.39, 0.29) is 18.5 Å². The second kappa shape index (κ2) is 7.20. The summed E-state index contributed by atoms with van der Waals surface area (Å²) < 4.78 is 19.3. The molecule has 0 bridgehead atoms. The minimum Gasteiger partial charge on any atom is -0.394 e. The van der Waals surface area contributed by atoms with E-state index in [1.807, 2.05) is 6.07 Å². The van der Waals surface area contributed by atoms with Gasteiger partial charge in [-0.1, -0.05) is 0 Å². The minimum atomic E-state index is -0.696. The van der Waals surface area contributed by atoms with Crippen LogP contribution in [-0.2, 0) is 4.74 Å². The topological polar surface area (TPSA) is 52.9 Å². The normalized spacial score (nSPS) is 18.0. The molecule has 1 aromatic rings. The Bertz CT molecular complexity index is 471. The quantitative estimate of drug-likeness (QED) is 0.874. The van der Waals surface area contributed by atoms with Gasteiger partial charge in [-0.2, -0.15) is 0 Å². The maximum atomic E-state index is 13.7. The van der Waals surface area contributed by atoms with Crippen LogP contribution < -0.4 is 4.90 Å². The molecule has 0 aliphatic carbocycles. The van der Waals surface area contributed by atoms with E-state index in [9.17, 15) is 9.50 Å². The molecule has 1 unspecified atom stereocenters. The van der Waals surface area contributed by atoms with Crippen LogP contribution in [0.4, 0.5) is 10.1 Å². The molecule has 2 N–H and O–H groups in total. The lowest BCUT2D eigenvalue weighted by Gasteiger charge is -2.35. The lowest BCUT2D eigenvalue weighted by molar-refractivity contribution is 0.0158. The molecular formula is C16H24FNO3. The molecule has 1 aliphatic rings. The Labute approximate surface area is 125 Å². The van der Waals surface area contributed by atoms with Crippen LogP contribution in [-0.4, -0.2) is 42.6 Å². The number of hydrogen-bond donors (Lipinski definition) is 2. The second-order valence-electron chi connectivity index (χ2n) is 5.62. The van der Waals surface area contributed by atoms with Crippen LogP contribution in [0.15, 0.2) is 12.1 Å². The van der Waals surface area contributed by atoms with Gasteiger partial charge in [0, 0.05) is 24.3 Å². The number of ether oxygens (including phenoxy) is 1. The molecule has 0 aromatic heterocycles. The van der Waals surface area contributed by atoms with Crippen LogP contribution in [0.2, 0.25) is 0 Å². The smallest absolute Gasteiger partial charge is 0.126 e. The number of aryl methyl sites for hydroxylation is 1. The zero-order valence-corrected chi connectivity index (χ0v) is 12.7. The average molecular weight is 297 g/mol. The van der Waals surface area contributed by atoms with Crippen LogP contribution in [0.25, 0.3) is 0 Å². The first-order valence-electron chi connectivity index (χ1n) is 7.48. The number of nitrogens with zero attached hydrogens (tertiary/aromatic N) is 1. The maximum Gasteiger partial charge on any atom is 0.126 e. The summed E-state index contributed by atoms with van der Waals surface area (Å²) >= 11 is 0. The zero-order chi connectivity index (χ0) is 15.4. The molecule has 4 nitrogen and oxygen atoms in total. The molecule has 1 heterocycles. The van der Waals surface area contributed by atoms with Gasteiger partial charge < -0.3 is 19.8 Å². The third-order valence-corrected chi connectivity index (χ3v) is 3.99. The number of aliphatic hydroxyl groups is 2. The van der Waals surface area contributed by atoms with Crippen molar-refractivity contribution in [2.24, 2.45) is 0 Å². The van der Waals surface area contributed by atoms with Crippen LogP contribution in [0.1, 0.15) is 37.0 Å². The van der Waals surface area contributed by atoms with Crippen LogP contribution in [0, 0.1) is 12.7 Å². The summed E-state index contributed by atoms with van der Waals surface area (Å²) in [6, 6.07) is 3.25. The van der Waals surface area contributed by atoms with Gasteiger partial charge >= 0.3 is 0 Å². The molecule has 0 radical (unpaired) electrons. The van der Waals surface area contributed by atoms with E-state index >= 15 is 0 Å². The SMILES string of the molecule is Cc1cc(N2CCC(OCCO)CC2)c(C(C)O)cc1F. The van der Waals surface area contributed by atoms with E-state index < -0.39 is 6.10 Å². The molecule has 5 heteroatoms. The summed E-state index contributed by atoms with van der Waals surface area (Å²) in [7, 11) is 0. The predicted molar refractivity (Wildman–Crippen MR) is 80.0 cm³/mol. The van der Waals surface area contributed by atoms with Gasteiger partial charge in [0.05, 0.1) is 25.4 Å². The first kappa shape index (κ1) is 16.2. The van der Waals surface area contributed by atoms with Gasteiger partial charge in [-0.3, -0.25) is 0 Å². The number of hydrogen-bond acceptors (Lipinski definition) is 4. The van der Waals surface area contributed by atoms with Crippen molar-refractivity contribution in [1.82, 2.24) is 0 Å². The van der Waals surface area contributed by atoms with Crippen molar-refractivity contribution in [3.8, 4) is 0 Å². The highest BCUT2D eigenvalue weighted by Gasteiger charge is 2.23. The Morgan fingerprint density at radius 1 is 1.38 bits per heavy atom. The van der Waals surface area contributed by atoms with Gasteiger partial charge in [0.15, 0.2) is 0 Å². The minimum absolute atomic E-state index is 0.0452. The summed E-state index contributed by atoms with van der Waals surface area (Å²) in [5.74, 6) is -0.282. The third kappa shape index (κ3) is 3.93. The first-order valence-corrected chi connectivity index (χ1v) is 7.48. The molecule has 118 valence electrons. The summed E-state index contributed by atoms with van der Waals surface area (Å²) in [6.07, 6.45) is 1.22. The van der Waals surface area contributed by atoms with Crippen molar-refractivity contribution in [3.05, 3.63) is 29.1 Å². The van der Waals surface area contributed by atoms with Crippen molar-refractivity contribution in [3.63, 3.8) is 0 Å². The Morgan fingerprint density at radius 3 is 2.62 bits per heavy atom. The molecule has 0 saturated carbocycles. The Balaban J connectivity index is 2.11. The van der Waals surface area contributed by atoms with E-state index in [4.69, 9.17) is 9.84 Å². The predicted octanol–water partition coefficient (Wildman–Crippen LogP) is 2.17. The fourth-order valence-electron chi connectivity index (χ4n) is 2.77. The third-order valence-electron chi connectivity index (χ3n) is 3.99. The van der Waals surface area contributed by atoms with Crippen molar-refractivity contribution in [2.45, 2.75) is 38.9 Å². The number of anilines is 1. The van der Waals surface area contributed by atoms with E-state index in [0.717, 1.165) is 31.6 Å². The standard InChI is InChI=1S/C16H24FNO3/c1-11-9-16(14(12(2)20)10-15(11)17)18-5-3-13(4-6-18)21-8-7-19/h9-10,12-13,19-20H,3-8H2,1-2H3. The zero-order valence-electron chi connectivity index (χ0n) is 12.7. The molecule has 0 spiro atoms. The highest BCUT2D eigenvalue weighted by atomic mass is 19.1. The van der Waals surface area contributed by atoms with Gasteiger partial charge in [0.1, 0.15) is 5.82 Å².